The first-order chi connectivity index (χ1) is 12.3. The Balaban J connectivity index is 1.75. The lowest BCUT2D eigenvalue weighted by atomic mass is 10.0. The number of hydrogen-bond acceptors (Lipinski definition) is 3. The molecule has 0 unspecified atom stereocenters. The fourth-order valence-corrected chi connectivity index (χ4v) is 4.23. The first-order valence-corrected chi connectivity index (χ1v) is 8.99. The van der Waals surface area contributed by atoms with Crippen LogP contribution in [0.2, 0.25) is 0 Å². The van der Waals surface area contributed by atoms with Gasteiger partial charge in [-0.1, -0.05) is 72.8 Å². The predicted octanol–water partition coefficient (Wildman–Crippen LogP) is 5.62. The summed E-state index contributed by atoms with van der Waals surface area (Å²) in [6.45, 7) is 0. The van der Waals surface area contributed by atoms with Gasteiger partial charge in [0.25, 0.3) is 0 Å². The molecule has 4 aromatic rings. The molecule has 122 valence electrons. The first-order valence-electron chi connectivity index (χ1n) is 8.18. The van der Waals surface area contributed by atoms with E-state index in [9.17, 15) is 0 Å². The molecule has 0 aliphatic carbocycles. The van der Waals surface area contributed by atoms with Gasteiger partial charge in [0.1, 0.15) is 0 Å². The second-order valence-corrected chi connectivity index (χ2v) is 6.91. The van der Waals surface area contributed by atoms with Crippen LogP contribution in [0.3, 0.4) is 0 Å². The van der Waals surface area contributed by atoms with Crippen molar-refractivity contribution >= 4 is 32.8 Å². The van der Waals surface area contributed by atoms with Crippen molar-refractivity contribution in [1.82, 2.24) is 0 Å². The summed E-state index contributed by atoms with van der Waals surface area (Å²) in [5.74, 6) is 0. The second-order valence-electron chi connectivity index (χ2n) is 5.86. The topological polar surface area (TPSA) is 38.4 Å². The standard InChI is InChI=1S/C22H18N2S/c1-24-21(22-20(23)18-9-5-6-10-19(18)25-22)17-13-11-16(12-14-17)15-7-3-2-4-8-15/h2-14H,23H2,1H3. The van der Waals surface area contributed by atoms with Gasteiger partial charge in [-0.2, -0.15) is 0 Å². The second kappa shape index (κ2) is 6.54. The smallest absolute Gasteiger partial charge is 0.0836 e. The summed E-state index contributed by atoms with van der Waals surface area (Å²) in [5.41, 5.74) is 11.7. The molecule has 0 bridgehead atoms. The maximum Gasteiger partial charge on any atom is 0.0836 e. The molecule has 0 amide bonds. The molecule has 1 heterocycles. The van der Waals surface area contributed by atoms with Crippen LogP contribution in [0, 0.1) is 0 Å². The molecule has 0 aliphatic heterocycles. The number of rotatable bonds is 3. The molecule has 2 nitrogen and oxygen atoms in total. The minimum atomic E-state index is 0.813. The molecule has 2 N–H and O–H groups in total. The number of fused-ring (bicyclic) bond motifs is 1. The van der Waals surface area contributed by atoms with Crippen molar-refractivity contribution in [3.8, 4) is 11.1 Å². The minimum Gasteiger partial charge on any atom is -0.397 e. The van der Waals surface area contributed by atoms with Crippen LogP contribution in [0.4, 0.5) is 5.69 Å². The van der Waals surface area contributed by atoms with Crippen LogP contribution in [0.1, 0.15) is 10.4 Å². The molecule has 3 aromatic carbocycles. The number of anilines is 1. The van der Waals surface area contributed by atoms with E-state index in [0.717, 1.165) is 27.2 Å². The van der Waals surface area contributed by atoms with Gasteiger partial charge in [0.15, 0.2) is 0 Å². The van der Waals surface area contributed by atoms with Gasteiger partial charge < -0.3 is 5.73 Å². The fourth-order valence-electron chi connectivity index (χ4n) is 3.05. The zero-order valence-electron chi connectivity index (χ0n) is 13.9. The zero-order chi connectivity index (χ0) is 17.2. The SMILES string of the molecule is CN=C(c1ccc(-c2ccccc2)cc1)c1sc2ccccc2c1N. The molecule has 0 radical (unpaired) electrons. The Kier molecular flexibility index (Phi) is 4.08. The third-order valence-corrected chi connectivity index (χ3v) is 5.53. The van der Waals surface area contributed by atoms with Crippen LogP contribution < -0.4 is 5.73 Å². The van der Waals surface area contributed by atoms with Gasteiger partial charge in [-0.15, -0.1) is 11.3 Å². The molecular weight excluding hydrogens is 324 g/mol. The Morgan fingerprint density at radius 2 is 1.44 bits per heavy atom. The summed E-state index contributed by atoms with van der Waals surface area (Å²) in [4.78, 5) is 5.57. The highest BCUT2D eigenvalue weighted by Gasteiger charge is 2.15. The lowest BCUT2D eigenvalue weighted by molar-refractivity contribution is 1.43. The number of aliphatic imine (C=N–C) groups is 1. The van der Waals surface area contributed by atoms with Gasteiger partial charge in [-0.3, -0.25) is 4.99 Å². The molecule has 1 aromatic heterocycles. The monoisotopic (exact) mass is 342 g/mol. The number of benzene rings is 3. The summed E-state index contributed by atoms with van der Waals surface area (Å²) in [6.07, 6.45) is 0. The zero-order valence-corrected chi connectivity index (χ0v) is 14.8. The van der Waals surface area contributed by atoms with E-state index in [1.807, 2.05) is 25.2 Å². The highest BCUT2D eigenvalue weighted by molar-refractivity contribution is 7.21. The van der Waals surface area contributed by atoms with Crippen molar-refractivity contribution in [2.45, 2.75) is 0 Å². The Morgan fingerprint density at radius 1 is 0.800 bits per heavy atom. The van der Waals surface area contributed by atoms with E-state index in [-0.39, 0.29) is 0 Å². The Labute approximate surface area is 151 Å². The van der Waals surface area contributed by atoms with Crippen LogP contribution in [-0.2, 0) is 0 Å². The van der Waals surface area contributed by atoms with Crippen molar-refractivity contribution in [2.75, 3.05) is 12.8 Å². The maximum absolute atomic E-state index is 6.40. The lowest BCUT2D eigenvalue weighted by Crippen LogP contribution is -2.03. The average molecular weight is 342 g/mol. The van der Waals surface area contributed by atoms with Gasteiger partial charge in [0.05, 0.1) is 16.3 Å². The van der Waals surface area contributed by atoms with Crippen LogP contribution in [0.25, 0.3) is 21.2 Å². The molecule has 25 heavy (non-hydrogen) atoms. The summed E-state index contributed by atoms with van der Waals surface area (Å²) in [6, 6.07) is 27.1. The summed E-state index contributed by atoms with van der Waals surface area (Å²) in [5, 5.41) is 1.10. The van der Waals surface area contributed by atoms with Crippen LogP contribution in [0.15, 0.2) is 83.9 Å². The van der Waals surface area contributed by atoms with Gasteiger partial charge in [0, 0.05) is 22.7 Å². The van der Waals surface area contributed by atoms with Crippen molar-refractivity contribution in [2.24, 2.45) is 4.99 Å². The molecular formula is C22H18N2S. The minimum absolute atomic E-state index is 0.813. The van der Waals surface area contributed by atoms with E-state index in [2.05, 4.69) is 65.7 Å². The van der Waals surface area contributed by atoms with E-state index in [4.69, 9.17) is 5.73 Å². The van der Waals surface area contributed by atoms with Gasteiger partial charge >= 0.3 is 0 Å². The van der Waals surface area contributed by atoms with E-state index >= 15 is 0 Å². The number of thiophene rings is 1. The van der Waals surface area contributed by atoms with Gasteiger partial charge in [0.2, 0.25) is 0 Å². The first kappa shape index (κ1) is 15.6. The number of hydrogen-bond donors (Lipinski definition) is 1. The molecule has 0 aliphatic rings. The summed E-state index contributed by atoms with van der Waals surface area (Å²) >= 11 is 1.70. The van der Waals surface area contributed by atoms with E-state index < -0.39 is 0 Å². The molecule has 0 saturated heterocycles. The third kappa shape index (κ3) is 2.83. The maximum atomic E-state index is 6.40. The Morgan fingerprint density at radius 3 is 2.12 bits per heavy atom. The van der Waals surface area contributed by atoms with E-state index in [1.54, 1.807) is 11.3 Å². The number of nitrogens with zero attached hydrogens (tertiary/aromatic N) is 1. The van der Waals surface area contributed by atoms with Crippen molar-refractivity contribution in [3.63, 3.8) is 0 Å². The molecule has 0 spiro atoms. The largest absolute Gasteiger partial charge is 0.397 e. The van der Waals surface area contributed by atoms with Crippen molar-refractivity contribution in [1.29, 1.82) is 0 Å². The Bertz CT molecular complexity index is 1040. The number of nitrogen functional groups attached to an aromatic ring is 1. The molecule has 3 heteroatoms. The summed E-state index contributed by atoms with van der Waals surface area (Å²) < 4.78 is 1.19. The van der Waals surface area contributed by atoms with Crippen LogP contribution >= 0.6 is 11.3 Å². The van der Waals surface area contributed by atoms with Crippen LogP contribution in [0.5, 0.6) is 0 Å². The van der Waals surface area contributed by atoms with Crippen molar-refractivity contribution < 1.29 is 0 Å². The molecule has 4 rings (SSSR count). The molecule has 0 atom stereocenters. The summed E-state index contributed by atoms with van der Waals surface area (Å²) in [7, 11) is 1.82. The quantitative estimate of drug-likeness (QED) is 0.482. The Hall–Kier alpha value is -2.91. The van der Waals surface area contributed by atoms with Crippen LogP contribution in [-0.4, -0.2) is 12.8 Å². The van der Waals surface area contributed by atoms with E-state index in [1.165, 1.54) is 15.8 Å². The highest BCUT2D eigenvalue weighted by atomic mass is 32.1. The lowest BCUT2D eigenvalue weighted by Gasteiger charge is -2.07. The molecule has 0 fully saturated rings. The average Bonchev–Trinajstić information content (AvgIpc) is 3.01. The van der Waals surface area contributed by atoms with Crippen molar-refractivity contribution in [3.05, 3.63) is 89.3 Å². The van der Waals surface area contributed by atoms with Gasteiger partial charge in [-0.25, -0.2) is 0 Å². The van der Waals surface area contributed by atoms with E-state index in [0.29, 0.717) is 0 Å². The van der Waals surface area contributed by atoms with Gasteiger partial charge in [-0.05, 0) is 17.2 Å². The highest BCUT2D eigenvalue weighted by Crippen LogP contribution is 2.35. The fraction of sp³-hybridized carbons (Fsp3) is 0.0455. The normalized spacial score (nSPS) is 11.8. The third-order valence-electron chi connectivity index (χ3n) is 4.34. The molecule has 0 saturated carbocycles. The number of nitrogens with two attached hydrogens (primary N) is 1. The predicted molar refractivity (Wildman–Crippen MR) is 110 cm³/mol.